The van der Waals surface area contributed by atoms with Crippen LogP contribution >= 0.6 is 15.9 Å². The van der Waals surface area contributed by atoms with Crippen LogP contribution in [0.4, 0.5) is 5.69 Å². The minimum Gasteiger partial charge on any atom is -0.496 e. The van der Waals surface area contributed by atoms with E-state index >= 15 is 0 Å². The average molecular weight is 350 g/mol. The Morgan fingerprint density at radius 1 is 1.14 bits per heavy atom. The van der Waals surface area contributed by atoms with E-state index in [1.807, 2.05) is 37.3 Å². The van der Waals surface area contributed by atoms with Gasteiger partial charge in [-0.05, 0) is 71.7 Å². The number of anilines is 1. The third-order valence-electron chi connectivity index (χ3n) is 3.22. The van der Waals surface area contributed by atoms with Gasteiger partial charge in [0.1, 0.15) is 11.5 Å². The number of benzene rings is 2. The topological polar surface area (TPSA) is 30.5 Å². The Morgan fingerprint density at radius 3 is 2.43 bits per heavy atom. The quantitative estimate of drug-likeness (QED) is 0.793. The lowest BCUT2D eigenvalue weighted by Crippen LogP contribution is -2.06. The van der Waals surface area contributed by atoms with Gasteiger partial charge in [-0.15, -0.1) is 0 Å². The molecule has 0 heterocycles. The van der Waals surface area contributed by atoms with E-state index in [1.165, 1.54) is 5.56 Å². The van der Waals surface area contributed by atoms with Gasteiger partial charge in [-0.2, -0.15) is 0 Å². The Morgan fingerprint density at radius 2 is 1.86 bits per heavy atom. The highest BCUT2D eigenvalue weighted by Crippen LogP contribution is 2.29. The zero-order valence-corrected chi connectivity index (χ0v) is 14.1. The molecule has 0 saturated heterocycles. The molecule has 1 N–H and O–H groups in total. The molecule has 2 aromatic rings. The molecule has 0 aliphatic carbocycles. The van der Waals surface area contributed by atoms with Crippen LogP contribution in [0, 0.1) is 0 Å². The van der Waals surface area contributed by atoms with Crippen LogP contribution in [0.5, 0.6) is 11.5 Å². The van der Waals surface area contributed by atoms with Gasteiger partial charge in [0, 0.05) is 11.7 Å². The largest absolute Gasteiger partial charge is 0.496 e. The van der Waals surface area contributed by atoms with Crippen molar-refractivity contribution in [2.75, 3.05) is 19.0 Å². The Hall–Kier alpha value is -1.68. The summed E-state index contributed by atoms with van der Waals surface area (Å²) in [5, 5.41) is 3.47. The fourth-order valence-electron chi connectivity index (χ4n) is 2.10. The first-order chi connectivity index (χ1) is 10.1. The normalized spacial score (nSPS) is 11.8. The number of nitrogens with one attached hydrogen (secondary N) is 1. The first kappa shape index (κ1) is 15.7. The van der Waals surface area contributed by atoms with Crippen molar-refractivity contribution in [1.29, 1.82) is 0 Å². The van der Waals surface area contributed by atoms with Crippen molar-refractivity contribution < 1.29 is 9.47 Å². The summed E-state index contributed by atoms with van der Waals surface area (Å²) in [5.41, 5.74) is 2.26. The van der Waals surface area contributed by atoms with Crippen molar-refractivity contribution in [2.24, 2.45) is 0 Å². The molecule has 21 heavy (non-hydrogen) atoms. The number of ether oxygens (including phenoxy) is 2. The van der Waals surface area contributed by atoms with Crippen LogP contribution in [0.25, 0.3) is 0 Å². The molecule has 3 nitrogen and oxygen atoms in total. The van der Waals surface area contributed by atoms with Crippen LogP contribution in [-0.2, 0) is 0 Å². The number of rotatable bonds is 6. The maximum Gasteiger partial charge on any atom is 0.133 e. The molecule has 0 aliphatic heterocycles. The van der Waals surface area contributed by atoms with Gasteiger partial charge >= 0.3 is 0 Å². The summed E-state index contributed by atoms with van der Waals surface area (Å²) in [4.78, 5) is 0. The van der Waals surface area contributed by atoms with Gasteiger partial charge in [0.2, 0.25) is 0 Å². The predicted molar refractivity (Wildman–Crippen MR) is 90.3 cm³/mol. The van der Waals surface area contributed by atoms with E-state index in [2.05, 4.69) is 40.3 Å². The fraction of sp³-hybridized carbons (Fsp3) is 0.294. The maximum atomic E-state index is 5.44. The van der Waals surface area contributed by atoms with Crippen molar-refractivity contribution in [3.05, 3.63) is 52.5 Å². The lowest BCUT2D eigenvalue weighted by atomic mass is 10.1. The molecule has 2 aromatic carbocycles. The van der Waals surface area contributed by atoms with Gasteiger partial charge in [0.25, 0.3) is 0 Å². The standard InChI is InChI=1S/C17H20BrNO2/c1-4-21-15-8-6-14(7-9-15)19-12(2)13-5-10-17(20-3)16(18)11-13/h5-12,19H,4H2,1-3H3. The van der Waals surface area contributed by atoms with Crippen LogP contribution < -0.4 is 14.8 Å². The number of halogens is 1. The SMILES string of the molecule is CCOc1ccc(NC(C)c2ccc(OC)c(Br)c2)cc1. The number of methoxy groups -OCH3 is 1. The first-order valence-electron chi connectivity index (χ1n) is 6.97. The molecule has 0 aromatic heterocycles. The van der Waals surface area contributed by atoms with Gasteiger partial charge < -0.3 is 14.8 Å². The van der Waals surface area contributed by atoms with E-state index in [1.54, 1.807) is 7.11 Å². The molecular weight excluding hydrogens is 330 g/mol. The molecule has 0 saturated carbocycles. The summed E-state index contributed by atoms with van der Waals surface area (Å²) in [6, 6.07) is 14.3. The maximum absolute atomic E-state index is 5.44. The van der Waals surface area contributed by atoms with Gasteiger partial charge in [-0.1, -0.05) is 6.07 Å². The summed E-state index contributed by atoms with van der Waals surface area (Å²) >= 11 is 3.52. The molecule has 2 rings (SSSR count). The van der Waals surface area contributed by atoms with E-state index in [0.717, 1.165) is 21.7 Å². The third kappa shape index (κ3) is 4.14. The van der Waals surface area contributed by atoms with Gasteiger partial charge in [-0.3, -0.25) is 0 Å². The van der Waals surface area contributed by atoms with Crippen LogP contribution in [0.3, 0.4) is 0 Å². The molecule has 0 aliphatic rings. The third-order valence-corrected chi connectivity index (χ3v) is 3.84. The lowest BCUT2D eigenvalue weighted by Gasteiger charge is -2.17. The molecule has 0 spiro atoms. The summed E-state index contributed by atoms with van der Waals surface area (Å²) in [6.07, 6.45) is 0. The van der Waals surface area contributed by atoms with Crippen molar-refractivity contribution in [1.82, 2.24) is 0 Å². The summed E-state index contributed by atoms with van der Waals surface area (Å²) in [6.45, 7) is 4.80. The van der Waals surface area contributed by atoms with Crippen LogP contribution in [0.2, 0.25) is 0 Å². The Bertz CT molecular complexity index is 584. The Labute approximate surface area is 134 Å². The Kier molecular flexibility index (Phi) is 5.51. The van der Waals surface area contributed by atoms with E-state index in [4.69, 9.17) is 9.47 Å². The smallest absolute Gasteiger partial charge is 0.133 e. The molecule has 4 heteroatoms. The monoisotopic (exact) mass is 349 g/mol. The van der Waals surface area contributed by atoms with Gasteiger partial charge in [-0.25, -0.2) is 0 Å². The van der Waals surface area contributed by atoms with Gasteiger partial charge in [0.15, 0.2) is 0 Å². The highest BCUT2D eigenvalue weighted by Gasteiger charge is 2.08. The number of hydrogen-bond acceptors (Lipinski definition) is 3. The van der Waals surface area contributed by atoms with Crippen LogP contribution in [0.15, 0.2) is 46.9 Å². The lowest BCUT2D eigenvalue weighted by molar-refractivity contribution is 0.340. The minimum atomic E-state index is 0.199. The van der Waals surface area contributed by atoms with E-state index in [0.29, 0.717) is 6.61 Å². The van der Waals surface area contributed by atoms with Gasteiger partial charge in [0.05, 0.1) is 18.2 Å². The summed E-state index contributed by atoms with van der Waals surface area (Å²) in [7, 11) is 1.67. The van der Waals surface area contributed by atoms with Crippen molar-refractivity contribution in [3.63, 3.8) is 0 Å². The molecule has 0 amide bonds. The highest BCUT2D eigenvalue weighted by atomic mass is 79.9. The Balaban J connectivity index is 2.06. The summed E-state index contributed by atoms with van der Waals surface area (Å²) in [5.74, 6) is 1.73. The van der Waals surface area contributed by atoms with E-state index in [-0.39, 0.29) is 6.04 Å². The molecule has 0 bridgehead atoms. The predicted octanol–water partition coefficient (Wildman–Crippen LogP) is 5.03. The van der Waals surface area contributed by atoms with Crippen molar-refractivity contribution >= 4 is 21.6 Å². The highest BCUT2D eigenvalue weighted by molar-refractivity contribution is 9.10. The molecule has 1 atom stereocenters. The zero-order chi connectivity index (χ0) is 15.2. The molecule has 112 valence electrons. The van der Waals surface area contributed by atoms with E-state index < -0.39 is 0 Å². The van der Waals surface area contributed by atoms with Crippen LogP contribution in [-0.4, -0.2) is 13.7 Å². The minimum absolute atomic E-state index is 0.199. The first-order valence-corrected chi connectivity index (χ1v) is 7.76. The van der Waals surface area contributed by atoms with Crippen LogP contribution in [0.1, 0.15) is 25.5 Å². The van der Waals surface area contributed by atoms with Crippen molar-refractivity contribution in [2.45, 2.75) is 19.9 Å². The van der Waals surface area contributed by atoms with Crippen molar-refractivity contribution in [3.8, 4) is 11.5 Å². The second-order valence-corrected chi connectivity index (χ2v) is 5.57. The second-order valence-electron chi connectivity index (χ2n) is 4.72. The summed E-state index contributed by atoms with van der Waals surface area (Å²) < 4.78 is 11.7. The zero-order valence-electron chi connectivity index (χ0n) is 12.5. The van der Waals surface area contributed by atoms with E-state index in [9.17, 15) is 0 Å². The molecular formula is C17H20BrNO2. The molecule has 0 fully saturated rings. The molecule has 0 radical (unpaired) electrons. The molecule has 1 unspecified atom stereocenters. The number of hydrogen-bond donors (Lipinski definition) is 1. The average Bonchev–Trinajstić information content (AvgIpc) is 2.49. The second kappa shape index (κ2) is 7.36. The fourth-order valence-corrected chi connectivity index (χ4v) is 2.66.